The second kappa shape index (κ2) is 6.36. The third-order valence-corrected chi connectivity index (χ3v) is 5.44. The van der Waals surface area contributed by atoms with Crippen LogP contribution in [0.1, 0.15) is 5.56 Å². The van der Waals surface area contributed by atoms with Crippen molar-refractivity contribution in [1.82, 2.24) is 9.88 Å². The summed E-state index contributed by atoms with van der Waals surface area (Å²) >= 11 is 1.78. The van der Waals surface area contributed by atoms with E-state index in [0.29, 0.717) is 17.9 Å². The van der Waals surface area contributed by atoms with Gasteiger partial charge in [-0.3, -0.25) is 4.90 Å². The van der Waals surface area contributed by atoms with Crippen molar-refractivity contribution in [3.05, 3.63) is 46.8 Å². The Balaban J connectivity index is 1.32. The lowest BCUT2D eigenvalue weighted by atomic mass is 9.93. The minimum absolute atomic E-state index is 0.411. The van der Waals surface area contributed by atoms with Crippen molar-refractivity contribution in [2.45, 2.75) is 12.6 Å². The maximum atomic E-state index is 6.03. The Morgan fingerprint density at radius 1 is 1.32 bits per heavy atom. The molecule has 22 heavy (non-hydrogen) atoms. The summed E-state index contributed by atoms with van der Waals surface area (Å²) in [6, 6.07) is 8.20. The molecule has 3 atom stereocenters. The average Bonchev–Trinajstić information content (AvgIpc) is 3.25. The molecule has 0 unspecified atom stereocenters. The van der Waals surface area contributed by atoms with Crippen molar-refractivity contribution in [2.24, 2.45) is 11.8 Å². The Morgan fingerprint density at radius 3 is 3.14 bits per heavy atom. The van der Waals surface area contributed by atoms with Gasteiger partial charge in [-0.1, -0.05) is 6.07 Å². The van der Waals surface area contributed by atoms with Crippen molar-refractivity contribution >= 4 is 17.2 Å². The van der Waals surface area contributed by atoms with Crippen molar-refractivity contribution < 1.29 is 4.74 Å². The number of pyridine rings is 1. The lowest BCUT2D eigenvalue weighted by Gasteiger charge is -2.19. The Morgan fingerprint density at radius 2 is 2.32 bits per heavy atom. The third kappa shape index (κ3) is 3.02. The van der Waals surface area contributed by atoms with Crippen molar-refractivity contribution in [3.8, 4) is 0 Å². The van der Waals surface area contributed by atoms with E-state index >= 15 is 0 Å². The SMILES string of the molecule is c1ccc(NC[C@@H]2CO[C@@H]3CN(Cc4ccsc4)C[C@H]23)nc1. The number of hydrogen-bond donors (Lipinski definition) is 1. The predicted molar refractivity (Wildman–Crippen MR) is 89.0 cm³/mol. The molecule has 2 fully saturated rings. The lowest BCUT2D eigenvalue weighted by Crippen LogP contribution is -2.27. The molecule has 4 heterocycles. The summed E-state index contributed by atoms with van der Waals surface area (Å²) in [5, 5.41) is 7.85. The molecule has 0 spiro atoms. The Hall–Kier alpha value is -1.43. The number of rotatable bonds is 5. The Kier molecular flexibility index (Phi) is 4.10. The Bertz CT molecular complexity index is 589. The normalized spacial score (nSPS) is 27.9. The van der Waals surface area contributed by atoms with E-state index < -0.39 is 0 Å². The van der Waals surface area contributed by atoms with Crippen LogP contribution in [0, 0.1) is 11.8 Å². The van der Waals surface area contributed by atoms with Gasteiger partial charge in [0, 0.05) is 44.2 Å². The van der Waals surface area contributed by atoms with E-state index in [9.17, 15) is 0 Å². The number of aromatic nitrogens is 1. The monoisotopic (exact) mass is 315 g/mol. The van der Waals surface area contributed by atoms with Crippen LogP contribution in [0.5, 0.6) is 0 Å². The number of hydrogen-bond acceptors (Lipinski definition) is 5. The van der Waals surface area contributed by atoms with Crippen LogP contribution in [0.3, 0.4) is 0 Å². The second-order valence-electron chi connectivity index (χ2n) is 6.22. The van der Waals surface area contributed by atoms with E-state index in [4.69, 9.17) is 4.74 Å². The molecule has 0 bridgehead atoms. The first-order chi connectivity index (χ1) is 10.9. The van der Waals surface area contributed by atoms with Crippen LogP contribution >= 0.6 is 11.3 Å². The molecule has 2 aliphatic rings. The van der Waals surface area contributed by atoms with Gasteiger partial charge in [-0.25, -0.2) is 4.98 Å². The molecule has 2 aromatic heterocycles. The van der Waals surface area contributed by atoms with E-state index in [1.54, 1.807) is 11.3 Å². The molecular formula is C17H21N3OS. The zero-order valence-corrected chi connectivity index (χ0v) is 13.3. The first kappa shape index (κ1) is 14.2. The van der Waals surface area contributed by atoms with Gasteiger partial charge in [-0.05, 0) is 34.5 Å². The van der Waals surface area contributed by atoms with Gasteiger partial charge in [0.25, 0.3) is 0 Å². The van der Waals surface area contributed by atoms with E-state index in [2.05, 4.69) is 32.0 Å². The quantitative estimate of drug-likeness (QED) is 0.920. The van der Waals surface area contributed by atoms with Gasteiger partial charge in [0.05, 0.1) is 12.7 Å². The first-order valence-electron chi connectivity index (χ1n) is 7.88. The fourth-order valence-corrected chi connectivity index (χ4v) is 4.22. The molecule has 0 amide bonds. The lowest BCUT2D eigenvalue weighted by molar-refractivity contribution is 0.0946. The smallest absolute Gasteiger partial charge is 0.125 e. The van der Waals surface area contributed by atoms with Crippen LogP contribution in [-0.2, 0) is 11.3 Å². The molecule has 4 nitrogen and oxygen atoms in total. The zero-order chi connectivity index (χ0) is 14.8. The summed E-state index contributed by atoms with van der Waals surface area (Å²) < 4.78 is 6.03. The van der Waals surface area contributed by atoms with Crippen molar-refractivity contribution in [3.63, 3.8) is 0 Å². The maximum Gasteiger partial charge on any atom is 0.125 e. The summed E-state index contributed by atoms with van der Waals surface area (Å²) in [5.74, 6) is 2.19. The van der Waals surface area contributed by atoms with Crippen LogP contribution in [0.4, 0.5) is 5.82 Å². The fraction of sp³-hybridized carbons (Fsp3) is 0.471. The number of nitrogens with one attached hydrogen (secondary N) is 1. The highest BCUT2D eigenvalue weighted by Gasteiger charge is 2.43. The highest BCUT2D eigenvalue weighted by atomic mass is 32.1. The van der Waals surface area contributed by atoms with Crippen LogP contribution in [0.15, 0.2) is 41.2 Å². The molecule has 4 rings (SSSR count). The van der Waals surface area contributed by atoms with Crippen LogP contribution in [0.2, 0.25) is 0 Å². The topological polar surface area (TPSA) is 37.4 Å². The van der Waals surface area contributed by atoms with Crippen molar-refractivity contribution in [1.29, 1.82) is 0 Å². The molecule has 2 aromatic rings. The molecule has 0 aliphatic carbocycles. The second-order valence-corrected chi connectivity index (χ2v) is 7.00. The van der Waals surface area contributed by atoms with Gasteiger partial charge in [0.2, 0.25) is 0 Å². The van der Waals surface area contributed by atoms with Crippen LogP contribution in [-0.4, -0.2) is 42.2 Å². The standard InChI is InChI=1S/C17H21N3OS/c1-2-5-18-17(3-1)19-7-14-11-21-16-10-20(9-15(14)16)8-13-4-6-22-12-13/h1-6,12,14-16H,7-11H2,(H,18,19)/t14-,15-,16-/m1/s1. The van der Waals surface area contributed by atoms with Gasteiger partial charge < -0.3 is 10.1 Å². The molecule has 0 radical (unpaired) electrons. The first-order valence-corrected chi connectivity index (χ1v) is 8.83. The van der Waals surface area contributed by atoms with Gasteiger partial charge in [-0.15, -0.1) is 0 Å². The van der Waals surface area contributed by atoms with Gasteiger partial charge >= 0.3 is 0 Å². The van der Waals surface area contributed by atoms with Crippen LogP contribution in [0.25, 0.3) is 0 Å². The molecule has 2 aliphatic heterocycles. The van der Waals surface area contributed by atoms with Crippen LogP contribution < -0.4 is 5.32 Å². The minimum atomic E-state index is 0.411. The van der Waals surface area contributed by atoms with Gasteiger partial charge in [-0.2, -0.15) is 11.3 Å². The number of fused-ring (bicyclic) bond motifs is 1. The average molecular weight is 315 g/mol. The van der Waals surface area contributed by atoms with E-state index in [0.717, 1.165) is 38.6 Å². The molecule has 1 N–H and O–H groups in total. The Labute approximate surface area is 135 Å². The summed E-state index contributed by atoms with van der Waals surface area (Å²) in [7, 11) is 0. The number of likely N-dealkylation sites (tertiary alicyclic amines) is 1. The largest absolute Gasteiger partial charge is 0.376 e. The fourth-order valence-electron chi connectivity index (χ4n) is 3.56. The molecule has 116 valence electrons. The van der Waals surface area contributed by atoms with Gasteiger partial charge in [0.15, 0.2) is 0 Å². The molecular weight excluding hydrogens is 294 g/mol. The summed E-state index contributed by atoms with van der Waals surface area (Å²) in [4.78, 5) is 6.86. The predicted octanol–water partition coefficient (Wildman–Crippen LogP) is 2.70. The summed E-state index contributed by atoms with van der Waals surface area (Å²) in [6.45, 7) is 5.10. The third-order valence-electron chi connectivity index (χ3n) is 4.71. The minimum Gasteiger partial charge on any atom is -0.376 e. The maximum absolute atomic E-state index is 6.03. The molecule has 2 saturated heterocycles. The zero-order valence-electron chi connectivity index (χ0n) is 12.5. The number of anilines is 1. The number of nitrogens with zero attached hydrogens (tertiary/aromatic N) is 2. The highest BCUT2D eigenvalue weighted by molar-refractivity contribution is 7.07. The van der Waals surface area contributed by atoms with Gasteiger partial charge in [0.1, 0.15) is 5.82 Å². The highest BCUT2D eigenvalue weighted by Crippen LogP contribution is 2.34. The van der Waals surface area contributed by atoms with E-state index in [1.165, 1.54) is 5.56 Å². The van der Waals surface area contributed by atoms with Crippen molar-refractivity contribution in [2.75, 3.05) is 31.6 Å². The number of thiophene rings is 1. The molecule has 0 aromatic carbocycles. The molecule has 5 heteroatoms. The summed E-state index contributed by atoms with van der Waals surface area (Å²) in [5.41, 5.74) is 1.42. The molecule has 0 saturated carbocycles. The number of ether oxygens (including phenoxy) is 1. The van der Waals surface area contributed by atoms with E-state index in [-0.39, 0.29) is 0 Å². The van der Waals surface area contributed by atoms with E-state index in [1.807, 2.05) is 24.4 Å². The summed E-state index contributed by atoms with van der Waals surface area (Å²) in [6.07, 6.45) is 2.24.